The Labute approximate surface area is 194 Å². The molecule has 2 aromatic carbocycles. The van der Waals surface area contributed by atoms with E-state index in [1.165, 1.54) is 4.31 Å². The van der Waals surface area contributed by atoms with Crippen molar-refractivity contribution in [2.45, 2.75) is 31.2 Å². The number of nitrogens with zero attached hydrogens (tertiary/aromatic N) is 3. The monoisotopic (exact) mass is 468 g/mol. The quantitative estimate of drug-likeness (QED) is 0.488. The first-order chi connectivity index (χ1) is 15.9. The highest BCUT2D eigenvalue weighted by molar-refractivity contribution is 7.89. The van der Waals surface area contributed by atoms with E-state index in [4.69, 9.17) is 4.74 Å². The molecule has 0 aliphatic carbocycles. The molecule has 0 bridgehead atoms. The van der Waals surface area contributed by atoms with Gasteiger partial charge in [0.15, 0.2) is 0 Å². The van der Waals surface area contributed by atoms with E-state index in [0.29, 0.717) is 37.5 Å². The van der Waals surface area contributed by atoms with E-state index in [9.17, 15) is 13.2 Å². The smallest absolute Gasteiger partial charge is 0.251 e. The third kappa shape index (κ3) is 5.61. The van der Waals surface area contributed by atoms with E-state index < -0.39 is 10.0 Å². The summed E-state index contributed by atoms with van der Waals surface area (Å²) in [5.74, 6) is 1.33. The summed E-state index contributed by atoms with van der Waals surface area (Å²) in [5, 5.41) is 2.83. The van der Waals surface area contributed by atoms with Crippen molar-refractivity contribution in [2.24, 2.45) is 0 Å². The van der Waals surface area contributed by atoms with Crippen LogP contribution in [0, 0.1) is 6.92 Å². The van der Waals surface area contributed by atoms with Gasteiger partial charge in [0.05, 0.1) is 11.4 Å². The minimum Gasteiger partial charge on any atom is -0.492 e. The molecule has 174 valence electrons. The lowest BCUT2D eigenvalue weighted by molar-refractivity contribution is 0.0947. The zero-order valence-corrected chi connectivity index (χ0v) is 19.4. The highest BCUT2D eigenvalue weighted by atomic mass is 32.2. The number of nitrogens with one attached hydrogen (secondary N) is 1. The van der Waals surface area contributed by atoms with Crippen LogP contribution in [-0.4, -0.2) is 54.4 Å². The molecule has 0 unspecified atom stereocenters. The molecule has 1 amide bonds. The second kappa shape index (κ2) is 10.2. The van der Waals surface area contributed by atoms with Gasteiger partial charge < -0.3 is 14.6 Å². The van der Waals surface area contributed by atoms with Crippen molar-refractivity contribution >= 4 is 15.9 Å². The van der Waals surface area contributed by atoms with Crippen LogP contribution in [0.2, 0.25) is 0 Å². The molecule has 4 rings (SSSR count). The van der Waals surface area contributed by atoms with Crippen molar-refractivity contribution in [1.82, 2.24) is 19.2 Å². The van der Waals surface area contributed by atoms with Crippen molar-refractivity contribution in [3.63, 3.8) is 0 Å². The van der Waals surface area contributed by atoms with Gasteiger partial charge in [-0.15, -0.1) is 0 Å². The molecule has 1 saturated heterocycles. The first kappa shape index (κ1) is 23.0. The number of amides is 1. The number of carbonyl (C=O) groups is 1. The number of aryl methyl sites for hydroxylation is 1. The second-order valence-corrected chi connectivity index (χ2v) is 9.92. The predicted octanol–water partition coefficient (Wildman–Crippen LogP) is 2.83. The lowest BCUT2D eigenvalue weighted by Crippen LogP contribution is -2.28. The number of sulfonamides is 1. The molecule has 0 atom stereocenters. The normalized spacial score (nSPS) is 14.3. The molecule has 2 heterocycles. The molecule has 33 heavy (non-hydrogen) atoms. The lowest BCUT2D eigenvalue weighted by Gasteiger charge is -2.15. The van der Waals surface area contributed by atoms with Crippen LogP contribution in [0.1, 0.15) is 34.6 Å². The fraction of sp³-hybridized carbons (Fsp3) is 0.333. The summed E-state index contributed by atoms with van der Waals surface area (Å²) in [6, 6.07) is 13.9. The van der Waals surface area contributed by atoms with Crippen LogP contribution < -0.4 is 10.1 Å². The molecular formula is C24H28N4O4S. The largest absolute Gasteiger partial charge is 0.492 e. The van der Waals surface area contributed by atoms with Crippen molar-refractivity contribution in [3.05, 3.63) is 77.9 Å². The maximum absolute atomic E-state index is 12.6. The van der Waals surface area contributed by atoms with Crippen LogP contribution in [0.3, 0.4) is 0 Å². The van der Waals surface area contributed by atoms with Gasteiger partial charge in [-0.25, -0.2) is 13.4 Å². The zero-order valence-electron chi connectivity index (χ0n) is 18.6. The summed E-state index contributed by atoms with van der Waals surface area (Å²) in [5.41, 5.74) is 1.67. The SMILES string of the molecule is Cc1nccn1Cc1ccc(C(=O)NCCOc2ccc(S(=O)(=O)N3CCCC3)cc2)cc1. The highest BCUT2D eigenvalue weighted by Gasteiger charge is 2.26. The molecule has 1 aromatic heterocycles. The van der Waals surface area contributed by atoms with Gasteiger partial charge in [-0.1, -0.05) is 12.1 Å². The minimum absolute atomic E-state index is 0.170. The van der Waals surface area contributed by atoms with Crippen LogP contribution in [0.4, 0.5) is 0 Å². The Bertz CT molecular complexity index is 1180. The Hall–Kier alpha value is -3.17. The second-order valence-electron chi connectivity index (χ2n) is 7.99. The first-order valence-electron chi connectivity index (χ1n) is 11.0. The first-order valence-corrected chi connectivity index (χ1v) is 12.5. The van der Waals surface area contributed by atoms with Crippen LogP contribution in [0.25, 0.3) is 0 Å². The third-order valence-corrected chi connectivity index (χ3v) is 7.59. The maximum Gasteiger partial charge on any atom is 0.251 e. The summed E-state index contributed by atoms with van der Waals surface area (Å²) >= 11 is 0. The average molecular weight is 469 g/mol. The van der Waals surface area contributed by atoms with Crippen molar-refractivity contribution in [1.29, 1.82) is 0 Å². The topological polar surface area (TPSA) is 93.5 Å². The zero-order chi connectivity index (χ0) is 23.3. The number of benzene rings is 2. The van der Waals surface area contributed by atoms with Crippen LogP contribution >= 0.6 is 0 Å². The molecule has 0 radical (unpaired) electrons. The Balaban J connectivity index is 1.22. The van der Waals surface area contributed by atoms with Crippen molar-refractivity contribution in [2.75, 3.05) is 26.2 Å². The molecule has 1 aliphatic heterocycles. The predicted molar refractivity (Wildman–Crippen MR) is 125 cm³/mol. The fourth-order valence-electron chi connectivity index (χ4n) is 3.75. The Morgan fingerprint density at radius 2 is 1.76 bits per heavy atom. The molecule has 9 heteroatoms. The summed E-state index contributed by atoms with van der Waals surface area (Å²) in [6.07, 6.45) is 5.50. The van der Waals surface area contributed by atoms with Gasteiger partial charge in [-0.3, -0.25) is 4.79 Å². The Morgan fingerprint density at radius 3 is 2.39 bits per heavy atom. The standard InChI is InChI=1S/C24H28N4O4S/c1-19-25-12-16-27(19)18-20-4-6-21(7-5-20)24(29)26-13-17-32-22-8-10-23(11-9-22)33(30,31)28-14-2-3-15-28/h4-12,16H,2-3,13-15,17-18H2,1H3,(H,26,29). The van der Waals surface area contributed by atoms with Crippen LogP contribution in [-0.2, 0) is 16.6 Å². The van der Waals surface area contributed by atoms with E-state index in [0.717, 1.165) is 24.2 Å². The van der Waals surface area contributed by atoms with Gasteiger partial charge in [0, 0.05) is 37.6 Å². The number of rotatable bonds is 9. The summed E-state index contributed by atoms with van der Waals surface area (Å²) in [6.45, 7) is 4.43. The number of imidazole rings is 1. The molecule has 1 fully saturated rings. The summed E-state index contributed by atoms with van der Waals surface area (Å²) < 4.78 is 34.3. The number of carbonyl (C=O) groups excluding carboxylic acids is 1. The van der Waals surface area contributed by atoms with E-state index >= 15 is 0 Å². The summed E-state index contributed by atoms with van der Waals surface area (Å²) in [7, 11) is -3.43. The number of ether oxygens (including phenoxy) is 1. The van der Waals surface area contributed by atoms with Crippen molar-refractivity contribution < 1.29 is 17.9 Å². The number of aromatic nitrogens is 2. The molecule has 3 aromatic rings. The minimum atomic E-state index is -3.43. The Kier molecular flexibility index (Phi) is 7.10. The van der Waals surface area contributed by atoms with Gasteiger partial charge in [-0.05, 0) is 61.7 Å². The number of hydrogen-bond donors (Lipinski definition) is 1. The molecule has 1 N–H and O–H groups in total. The van der Waals surface area contributed by atoms with Gasteiger partial charge in [0.25, 0.3) is 5.91 Å². The average Bonchev–Trinajstić information content (AvgIpc) is 3.50. The van der Waals surface area contributed by atoms with Gasteiger partial charge in [0.2, 0.25) is 10.0 Å². The maximum atomic E-state index is 12.6. The Morgan fingerprint density at radius 1 is 1.06 bits per heavy atom. The summed E-state index contributed by atoms with van der Waals surface area (Å²) in [4.78, 5) is 16.9. The lowest BCUT2D eigenvalue weighted by atomic mass is 10.1. The molecule has 0 saturated carbocycles. The molecule has 1 aliphatic rings. The fourth-order valence-corrected chi connectivity index (χ4v) is 5.27. The van der Waals surface area contributed by atoms with Gasteiger partial charge >= 0.3 is 0 Å². The molecule has 0 spiro atoms. The van der Waals surface area contributed by atoms with Crippen LogP contribution in [0.15, 0.2) is 65.8 Å². The molecular weight excluding hydrogens is 440 g/mol. The van der Waals surface area contributed by atoms with Crippen LogP contribution in [0.5, 0.6) is 5.75 Å². The van der Waals surface area contributed by atoms with E-state index in [-0.39, 0.29) is 17.4 Å². The van der Waals surface area contributed by atoms with E-state index in [1.807, 2.05) is 29.8 Å². The highest BCUT2D eigenvalue weighted by Crippen LogP contribution is 2.22. The number of hydrogen-bond acceptors (Lipinski definition) is 5. The van der Waals surface area contributed by atoms with Gasteiger partial charge in [-0.2, -0.15) is 4.31 Å². The van der Waals surface area contributed by atoms with E-state index in [2.05, 4.69) is 10.3 Å². The third-order valence-electron chi connectivity index (χ3n) is 5.68. The van der Waals surface area contributed by atoms with Gasteiger partial charge in [0.1, 0.15) is 18.2 Å². The van der Waals surface area contributed by atoms with E-state index in [1.54, 1.807) is 42.6 Å². The molecule has 8 nitrogen and oxygen atoms in total. The van der Waals surface area contributed by atoms with Crippen molar-refractivity contribution in [3.8, 4) is 5.75 Å².